The van der Waals surface area contributed by atoms with E-state index in [4.69, 9.17) is 0 Å². The van der Waals surface area contributed by atoms with Gasteiger partial charge in [-0.2, -0.15) is 0 Å². The van der Waals surface area contributed by atoms with Crippen LogP contribution in [-0.2, 0) is 4.79 Å². The molecule has 1 unspecified atom stereocenters. The molecule has 0 aliphatic rings. The van der Waals surface area contributed by atoms with Crippen LogP contribution in [0.1, 0.15) is 86.5 Å². The molecule has 0 bridgehead atoms. The summed E-state index contributed by atoms with van der Waals surface area (Å²) in [4.78, 5) is 12.1. The Labute approximate surface area is 127 Å². The highest BCUT2D eigenvalue weighted by molar-refractivity contribution is 5.78. The topological polar surface area (TPSA) is 29.1 Å². The van der Waals surface area contributed by atoms with Crippen molar-refractivity contribution in [1.29, 1.82) is 0 Å². The Morgan fingerprint density at radius 2 is 1.50 bits per heavy atom. The summed E-state index contributed by atoms with van der Waals surface area (Å²) in [5, 5.41) is 3.16. The van der Waals surface area contributed by atoms with E-state index in [0.29, 0.717) is 6.04 Å². The quantitative estimate of drug-likeness (QED) is 0.557. The van der Waals surface area contributed by atoms with Gasteiger partial charge in [-0.15, -0.1) is 0 Å². The van der Waals surface area contributed by atoms with Gasteiger partial charge in [-0.3, -0.25) is 4.79 Å². The smallest absolute Gasteiger partial charge is 0.223 e. The number of rotatable bonds is 11. The third-order valence-electron chi connectivity index (χ3n) is 4.35. The van der Waals surface area contributed by atoms with Gasteiger partial charge in [0.2, 0.25) is 5.91 Å². The molecule has 0 fully saturated rings. The highest BCUT2D eigenvalue weighted by atomic mass is 16.1. The van der Waals surface area contributed by atoms with Crippen molar-refractivity contribution < 1.29 is 4.79 Å². The molecule has 0 saturated heterocycles. The van der Waals surface area contributed by atoms with Crippen LogP contribution >= 0.6 is 0 Å². The average Bonchev–Trinajstić information content (AvgIpc) is 2.41. The normalized spacial score (nSPS) is 14.6. The van der Waals surface area contributed by atoms with Crippen molar-refractivity contribution >= 4 is 5.91 Å². The van der Waals surface area contributed by atoms with E-state index in [1.165, 1.54) is 25.7 Å². The Morgan fingerprint density at radius 3 is 2.00 bits per heavy atom. The molecule has 0 spiro atoms. The Morgan fingerprint density at radius 1 is 0.900 bits per heavy atom. The van der Waals surface area contributed by atoms with Crippen molar-refractivity contribution in [3.8, 4) is 0 Å². The van der Waals surface area contributed by atoms with E-state index in [0.717, 1.165) is 31.1 Å². The van der Waals surface area contributed by atoms with Gasteiger partial charge in [-0.1, -0.05) is 60.8 Å². The van der Waals surface area contributed by atoms with Crippen molar-refractivity contribution in [2.45, 2.75) is 92.5 Å². The van der Waals surface area contributed by atoms with Gasteiger partial charge < -0.3 is 5.32 Å². The molecule has 20 heavy (non-hydrogen) atoms. The first kappa shape index (κ1) is 19.5. The molecule has 0 aromatic heterocycles. The third-order valence-corrected chi connectivity index (χ3v) is 4.35. The second-order valence-corrected chi connectivity index (χ2v) is 6.93. The summed E-state index contributed by atoms with van der Waals surface area (Å²) in [6.07, 6.45) is 8.22. The van der Waals surface area contributed by atoms with E-state index in [-0.39, 0.29) is 11.8 Å². The number of amides is 1. The highest BCUT2D eigenvalue weighted by Crippen LogP contribution is 2.19. The number of carbonyl (C=O) groups excluding carboxylic acids is 1. The molecule has 2 nitrogen and oxygen atoms in total. The lowest BCUT2D eigenvalue weighted by molar-refractivity contribution is -0.125. The summed E-state index contributed by atoms with van der Waals surface area (Å²) in [5.74, 6) is 1.96. The lowest BCUT2D eigenvalue weighted by Gasteiger charge is -2.19. The zero-order valence-corrected chi connectivity index (χ0v) is 14.7. The number of hydrogen-bond donors (Lipinski definition) is 1. The molecule has 1 N–H and O–H groups in total. The van der Waals surface area contributed by atoms with Crippen LogP contribution in [0.4, 0.5) is 0 Å². The zero-order chi connectivity index (χ0) is 15.5. The molecule has 0 aromatic carbocycles. The van der Waals surface area contributed by atoms with Gasteiger partial charge in [0.05, 0.1) is 0 Å². The molecular formula is C18H37NO. The molecule has 0 aliphatic carbocycles. The lowest BCUT2D eigenvalue weighted by atomic mass is 9.92. The third kappa shape index (κ3) is 9.39. The van der Waals surface area contributed by atoms with Crippen LogP contribution in [0.15, 0.2) is 0 Å². The fourth-order valence-corrected chi connectivity index (χ4v) is 2.52. The van der Waals surface area contributed by atoms with E-state index in [9.17, 15) is 4.79 Å². The van der Waals surface area contributed by atoms with Gasteiger partial charge in [-0.05, 0) is 37.5 Å². The fraction of sp³-hybridized carbons (Fsp3) is 0.944. The number of hydrogen-bond acceptors (Lipinski definition) is 1. The van der Waals surface area contributed by atoms with Gasteiger partial charge in [0, 0.05) is 12.0 Å². The van der Waals surface area contributed by atoms with Crippen LogP contribution in [0.5, 0.6) is 0 Å². The SMILES string of the molecule is CCC(CC)NC(=O)[C@H](C)CCC(C)CCCC(C)C. The van der Waals surface area contributed by atoms with Gasteiger partial charge >= 0.3 is 0 Å². The number of nitrogens with one attached hydrogen (secondary N) is 1. The van der Waals surface area contributed by atoms with Crippen LogP contribution in [0.25, 0.3) is 0 Å². The van der Waals surface area contributed by atoms with Crippen LogP contribution in [0, 0.1) is 17.8 Å². The van der Waals surface area contributed by atoms with Gasteiger partial charge in [0.15, 0.2) is 0 Å². The van der Waals surface area contributed by atoms with Crippen molar-refractivity contribution in [2.75, 3.05) is 0 Å². The molecule has 0 radical (unpaired) electrons. The van der Waals surface area contributed by atoms with Crippen molar-refractivity contribution in [1.82, 2.24) is 5.32 Å². The maximum absolute atomic E-state index is 12.1. The fourth-order valence-electron chi connectivity index (χ4n) is 2.52. The van der Waals surface area contributed by atoms with Crippen molar-refractivity contribution in [2.24, 2.45) is 17.8 Å². The molecule has 1 amide bonds. The minimum Gasteiger partial charge on any atom is -0.353 e. The van der Waals surface area contributed by atoms with Crippen molar-refractivity contribution in [3.63, 3.8) is 0 Å². The molecule has 0 aromatic rings. The molecule has 120 valence electrons. The summed E-state index contributed by atoms with van der Waals surface area (Å²) < 4.78 is 0. The van der Waals surface area contributed by atoms with E-state index < -0.39 is 0 Å². The Hall–Kier alpha value is -0.530. The van der Waals surface area contributed by atoms with Crippen LogP contribution in [0.3, 0.4) is 0 Å². The first-order valence-electron chi connectivity index (χ1n) is 8.70. The maximum atomic E-state index is 12.1. The zero-order valence-electron chi connectivity index (χ0n) is 14.7. The first-order valence-corrected chi connectivity index (χ1v) is 8.70. The van der Waals surface area contributed by atoms with Crippen LogP contribution < -0.4 is 5.32 Å². The highest BCUT2D eigenvalue weighted by Gasteiger charge is 2.16. The second kappa shape index (κ2) is 11.2. The monoisotopic (exact) mass is 283 g/mol. The Kier molecular flexibility index (Phi) is 10.9. The van der Waals surface area contributed by atoms with E-state index in [1.54, 1.807) is 0 Å². The Balaban J connectivity index is 3.84. The lowest BCUT2D eigenvalue weighted by Crippen LogP contribution is -2.37. The second-order valence-electron chi connectivity index (χ2n) is 6.93. The van der Waals surface area contributed by atoms with E-state index in [2.05, 4.69) is 46.9 Å². The molecule has 0 rings (SSSR count). The predicted octanol–water partition coefficient (Wildman–Crippen LogP) is 5.17. The largest absolute Gasteiger partial charge is 0.353 e. The average molecular weight is 283 g/mol. The molecule has 0 heterocycles. The van der Waals surface area contributed by atoms with Crippen molar-refractivity contribution in [3.05, 3.63) is 0 Å². The summed E-state index contributed by atoms with van der Waals surface area (Å²) in [5.41, 5.74) is 0. The van der Waals surface area contributed by atoms with Crippen LogP contribution in [0.2, 0.25) is 0 Å². The molecule has 0 saturated carbocycles. The number of carbonyl (C=O) groups is 1. The van der Waals surface area contributed by atoms with E-state index in [1.807, 2.05) is 0 Å². The standard InChI is InChI=1S/C18H37NO/c1-7-17(8-2)19-18(20)16(6)13-12-15(5)11-9-10-14(3)4/h14-17H,7-13H2,1-6H3,(H,19,20)/t15?,16-/m1/s1. The minimum absolute atomic E-state index is 0.156. The molecular weight excluding hydrogens is 246 g/mol. The summed E-state index contributed by atoms with van der Waals surface area (Å²) >= 11 is 0. The molecule has 0 aliphatic heterocycles. The van der Waals surface area contributed by atoms with Gasteiger partial charge in [-0.25, -0.2) is 0 Å². The minimum atomic E-state index is 0.156. The summed E-state index contributed by atoms with van der Waals surface area (Å²) in [7, 11) is 0. The maximum Gasteiger partial charge on any atom is 0.223 e. The predicted molar refractivity (Wildman–Crippen MR) is 88.8 cm³/mol. The first-order chi connectivity index (χ1) is 9.40. The van der Waals surface area contributed by atoms with Gasteiger partial charge in [0.25, 0.3) is 0 Å². The van der Waals surface area contributed by atoms with Crippen LogP contribution in [-0.4, -0.2) is 11.9 Å². The molecule has 2 atom stereocenters. The van der Waals surface area contributed by atoms with E-state index >= 15 is 0 Å². The summed E-state index contributed by atoms with van der Waals surface area (Å²) in [6.45, 7) is 13.2. The summed E-state index contributed by atoms with van der Waals surface area (Å²) in [6, 6.07) is 0.355. The Bertz CT molecular complexity index is 246. The molecule has 2 heteroatoms. The van der Waals surface area contributed by atoms with Gasteiger partial charge in [0.1, 0.15) is 0 Å².